The van der Waals surface area contributed by atoms with Crippen molar-refractivity contribution in [2.75, 3.05) is 0 Å². The van der Waals surface area contributed by atoms with Gasteiger partial charge in [0.2, 0.25) is 0 Å². The third kappa shape index (κ3) is 0.898. The summed E-state index contributed by atoms with van der Waals surface area (Å²) in [5.41, 5.74) is 0.638. The first-order chi connectivity index (χ1) is 5.03. The lowest BCUT2D eigenvalue weighted by molar-refractivity contribution is -0.0947. The van der Waals surface area contributed by atoms with Crippen LogP contribution in [0.1, 0.15) is 33.6 Å². The molecule has 3 aliphatic carbocycles. The lowest BCUT2D eigenvalue weighted by Gasteiger charge is -2.61. The average Bonchev–Trinajstić information content (AvgIpc) is 1.93. The van der Waals surface area contributed by atoms with Crippen LogP contribution in [-0.2, 0) is 0 Å². The minimum Gasteiger partial charge on any atom is -0.176 e. The fourth-order valence-electron chi connectivity index (χ4n) is 3.12. The molecule has 1 heteroatoms. The monoisotopic (exact) mass is 170 g/mol. The Hall–Kier alpha value is 0.350. The standard InChI is InChI=1S/C10H18S/c1-6-8-4-7(5-9(6)11)10(8,2)3/h6-9,11H,4-5H2,1-3H3/t6-,7?,8?,9?/m0/s1. The molecule has 2 bridgehead atoms. The second kappa shape index (κ2) is 2.18. The van der Waals surface area contributed by atoms with Gasteiger partial charge in [0.1, 0.15) is 0 Å². The predicted molar refractivity (Wildman–Crippen MR) is 51.9 cm³/mol. The highest BCUT2D eigenvalue weighted by atomic mass is 32.1. The van der Waals surface area contributed by atoms with E-state index in [9.17, 15) is 0 Å². The zero-order valence-electron chi connectivity index (χ0n) is 7.67. The molecule has 0 spiro atoms. The quantitative estimate of drug-likeness (QED) is 0.531. The van der Waals surface area contributed by atoms with Gasteiger partial charge in [-0.15, -0.1) is 0 Å². The van der Waals surface area contributed by atoms with Crippen LogP contribution in [0.4, 0.5) is 0 Å². The summed E-state index contributed by atoms with van der Waals surface area (Å²) >= 11 is 4.62. The van der Waals surface area contributed by atoms with E-state index in [1.54, 1.807) is 0 Å². The van der Waals surface area contributed by atoms with Crippen molar-refractivity contribution in [1.82, 2.24) is 0 Å². The Balaban J connectivity index is 2.17. The van der Waals surface area contributed by atoms with E-state index in [1.165, 1.54) is 12.8 Å². The molecule has 3 saturated carbocycles. The highest BCUT2D eigenvalue weighted by Crippen LogP contribution is 2.62. The van der Waals surface area contributed by atoms with Crippen LogP contribution < -0.4 is 0 Å². The van der Waals surface area contributed by atoms with Gasteiger partial charge in [0.25, 0.3) is 0 Å². The van der Waals surface area contributed by atoms with Crippen LogP contribution in [0.2, 0.25) is 0 Å². The summed E-state index contributed by atoms with van der Waals surface area (Å²) < 4.78 is 0. The van der Waals surface area contributed by atoms with E-state index >= 15 is 0 Å². The number of hydrogen-bond acceptors (Lipinski definition) is 1. The van der Waals surface area contributed by atoms with Gasteiger partial charge in [-0.3, -0.25) is 0 Å². The molecule has 0 heterocycles. The molecule has 0 aromatic heterocycles. The number of rotatable bonds is 0. The lowest BCUT2D eigenvalue weighted by Crippen LogP contribution is -2.55. The van der Waals surface area contributed by atoms with Crippen molar-refractivity contribution in [2.24, 2.45) is 23.2 Å². The molecule has 0 saturated heterocycles. The molecule has 0 aromatic carbocycles. The Bertz CT molecular complexity index is 174. The van der Waals surface area contributed by atoms with Gasteiger partial charge in [-0.25, -0.2) is 0 Å². The Kier molecular flexibility index (Phi) is 1.58. The second-order valence-electron chi connectivity index (χ2n) is 5.02. The Morgan fingerprint density at radius 3 is 2.27 bits per heavy atom. The Labute approximate surface area is 75.2 Å². The van der Waals surface area contributed by atoms with Crippen molar-refractivity contribution < 1.29 is 0 Å². The summed E-state index contributed by atoms with van der Waals surface area (Å²) in [7, 11) is 0. The average molecular weight is 170 g/mol. The fourth-order valence-corrected chi connectivity index (χ4v) is 3.59. The predicted octanol–water partition coefficient (Wildman–Crippen LogP) is 2.99. The Morgan fingerprint density at radius 1 is 1.27 bits per heavy atom. The molecule has 0 radical (unpaired) electrons. The molecule has 0 N–H and O–H groups in total. The summed E-state index contributed by atoms with van der Waals surface area (Å²) in [5, 5.41) is 0.687. The third-order valence-electron chi connectivity index (χ3n) is 4.31. The third-order valence-corrected chi connectivity index (χ3v) is 5.00. The second-order valence-corrected chi connectivity index (χ2v) is 5.69. The first-order valence-corrected chi connectivity index (χ1v) is 5.23. The SMILES string of the molecule is C[C@@H]1C(S)CC2CC1C2(C)C. The summed E-state index contributed by atoms with van der Waals surface area (Å²) in [4.78, 5) is 0. The summed E-state index contributed by atoms with van der Waals surface area (Å²) in [6.07, 6.45) is 2.83. The molecule has 0 aromatic rings. The summed E-state index contributed by atoms with van der Waals surface area (Å²) in [6.45, 7) is 7.24. The van der Waals surface area contributed by atoms with Crippen molar-refractivity contribution in [3.63, 3.8) is 0 Å². The largest absolute Gasteiger partial charge is 0.176 e. The summed E-state index contributed by atoms with van der Waals surface area (Å²) in [6, 6.07) is 0. The van der Waals surface area contributed by atoms with E-state index < -0.39 is 0 Å². The molecule has 3 rings (SSSR count). The van der Waals surface area contributed by atoms with Crippen molar-refractivity contribution in [1.29, 1.82) is 0 Å². The molecule has 0 amide bonds. The molecular formula is C10H18S. The van der Waals surface area contributed by atoms with Crippen LogP contribution in [-0.4, -0.2) is 5.25 Å². The van der Waals surface area contributed by atoms with Crippen LogP contribution in [0, 0.1) is 23.2 Å². The molecule has 11 heavy (non-hydrogen) atoms. The van der Waals surface area contributed by atoms with Gasteiger partial charge in [-0.2, -0.15) is 12.6 Å². The van der Waals surface area contributed by atoms with Gasteiger partial charge in [-0.05, 0) is 36.0 Å². The maximum absolute atomic E-state index is 4.62. The molecule has 3 aliphatic rings. The maximum Gasteiger partial charge on any atom is 0.00481 e. The van der Waals surface area contributed by atoms with E-state index in [-0.39, 0.29) is 0 Å². The number of fused-ring (bicyclic) bond motifs is 2. The maximum atomic E-state index is 4.62. The van der Waals surface area contributed by atoms with Crippen LogP contribution in [0.3, 0.4) is 0 Å². The van der Waals surface area contributed by atoms with Gasteiger partial charge in [0.15, 0.2) is 0 Å². The van der Waals surface area contributed by atoms with E-state index in [1.807, 2.05) is 0 Å². The van der Waals surface area contributed by atoms with Crippen molar-refractivity contribution in [3.05, 3.63) is 0 Å². The Morgan fingerprint density at radius 2 is 1.91 bits per heavy atom. The number of hydrogen-bond donors (Lipinski definition) is 1. The molecule has 3 fully saturated rings. The lowest BCUT2D eigenvalue weighted by atomic mass is 9.46. The first kappa shape index (κ1) is 7.97. The van der Waals surface area contributed by atoms with Crippen molar-refractivity contribution >= 4 is 12.6 Å². The molecule has 4 atom stereocenters. The number of thiol groups is 1. The van der Waals surface area contributed by atoms with Gasteiger partial charge >= 0.3 is 0 Å². The molecule has 64 valence electrons. The van der Waals surface area contributed by atoms with Crippen LogP contribution in [0.15, 0.2) is 0 Å². The molecule has 3 unspecified atom stereocenters. The zero-order valence-corrected chi connectivity index (χ0v) is 8.57. The smallest absolute Gasteiger partial charge is 0.00481 e. The first-order valence-electron chi connectivity index (χ1n) is 4.71. The van der Waals surface area contributed by atoms with Crippen molar-refractivity contribution in [2.45, 2.75) is 38.9 Å². The van der Waals surface area contributed by atoms with Crippen LogP contribution in [0.5, 0.6) is 0 Å². The van der Waals surface area contributed by atoms with E-state index in [2.05, 4.69) is 33.4 Å². The topological polar surface area (TPSA) is 0 Å². The van der Waals surface area contributed by atoms with E-state index in [0.29, 0.717) is 10.7 Å². The van der Waals surface area contributed by atoms with Crippen molar-refractivity contribution in [3.8, 4) is 0 Å². The zero-order chi connectivity index (χ0) is 8.22. The highest BCUT2D eigenvalue weighted by Gasteiger charge is 2.55. The molecule has 0 nitrogen and oxygen atoms in total. The summed E-state index contributed by atoms with van der Waals surface area (Å²) in [5.74, 6) is 2.79. The van der Waals surface area contributed by atoms with Gasteiger partial charge < -0.3 is 0 Å². The van der Waals surface area contributed by atoms with Crippen LogP contribution in [0.25, 0.3) is 0 Å². The normalized spacial score (nSPS) is 53.5. The van der Waals surface area contributed by atoms with E-state index in [0.717, 1.165) is 17.8 Å². The highest BCUT2D eigenvalue weighted by molar-refractivity contribution is 7.81. The minimum absolute atomic E-state index is 0.638. The van der Waals surface area contributed by atoms with E-state index in [4.69, 9.17) is 0 Å². The minimum atomic E-state index is 0.638. The van der Waals surface area contributed by atoms with Gasteiger partial charge in [0, 0.05) is 5.25 Å². The fraction of sp³-hybridized carbons (Fsp3) is 1.00. The van der Waals surface area contributed by atoms with Gasteiger partial charge in [-0.1, -0.05) is 20.8 Å². The molecule has 0 aliphatic heterocycles. The van der Waals surface area contributed by atoms with Gasteiger partial charge in [0.05, 0.1) is 0 Å². The van der Waals surface area contributed by atoms with Crippen LogP contribution >= 0.6 is 12.6 Å². The molecular weight excluding hydrogens is 152 g/mol.